The van der Waals surface area contributed by atoms with Crippen LogP contribution in [0.2, 0.25) is 0 Å². The Morgan fingerprint density at radius 1 is 1.24 bits per heavy atom. The number of ether oxygens (including phenoxy) is 2. The van der Waals surface area contributed by atoms with Crippen LogP contribution >= 0.6 is 0 Å². The Bertz CT molecular complexity index is 498. The number of benzene rings is 1. The van der Waals surface area contributed by atoms with Gasteiger partial charge in [0, 0.05) is 24.7 Å². The Kier molecular flexibility index (Phi) is 6.54. The van der Waals surface area contributed by atoms with E-state index in [0.29, 0.717) is 42.5 Å². The van der Waals surface area contributed by atoms with Crippen LogP contribution in [-0.2, 0) is 0 Å². The molecule has 1 amide bonds. The summed E-state index contributed by atoms with van der Waals surface area (Å²) in [5.74, 6) is 1.36. The van der Waals surface area contributed by atoms with Gasteiger partial charge in [0.25, 0.3) is 5.91 Å². The fourth-order valence-electron chi connectivity index (χ4n) is 2.01. The third-order valence-electron chi connectivity index (χ3n) is 2.96. The summed E-state index contributed by atoms with van der Waals surface area (Å²) in [6.45, 7) is 5.12. The lowest BCUT2D eigenvalue weighted by molar-refractivity contribution is 0.0739. The van der Waals surface area contributed by atoms with Crippen molar-refractivity contribution in [2.75, 3.05) is 27.3 Å². The average molecular weight is 290 g/mol. The van der Waals surface area contributed by atoms with Gasteiger partial charge >= 0.3 is 0 Å². The number of carbonyl (C=O) groups excluding carboxylic acids is 1. The minimum Gasteiger partial charge on any atom is -0.497 e. The first kappa shape index (κ1) is 16.8. The molecule has 0 unspecified atom stereocenters. The summed E-state index contributed by atoms with van der Waals surface area (Å²) in [5, 5.41) is 8.74. The molecule has 0 aliphatic rings. The fourth-order valence-corrected chi connectivity index (χ4v) is 2.01. The van der Waals surface area contributed by atoms with Gasteiger partial charge in [0.05, 0.1) is 26.7 Å². The van der Waals surface area contributed by atoms with E-state index in [4.69, 9.17) is 14.7 Å². The smallest absolute Gasteiger partial charge is 0.254 e. The molecular weight excluding hydrogens is 268 g/mol. The van der Waals surface area contributed by atoms with E-state index in [9.17, 15) is 4.79 Å². The van der Waals surface area contributed by atoms with Gasteiger partial charge in [-0.2, -0.15) is 5.26 Å². The molecule has 0 saturated carbocycles. The van der Waals surface area contributed by atoms with Gasteiger partial charge < -0.3 is 14.4 Å². The Morgan fingerprint density at radius 2 is 1.81 bits per heavy atom. The van der Waals surface area contributed by atoms with Gasteiger partial charge in [-0.05, 0) is 18.1 Å². The average Bonchev–Trinajstić information content (AvgIpc) is 2.49. The molecule has 0 saturated heterocycles. The predicted molar refractivity (Wildman–Crippen MR) is 80.5 cm³/mol. The van der Waals surface area contributed by atoms with Gasteiger partial charge in [-0.15, -0.1) is 0 Å². The zero-order valence-electron chi connectivity index (χ0n) is 13.0. The summed E-state index contributed by atoms with van der Waals surface area (Å²) >= 11 is 0. The minimum absolute atomic E-state index is 0.115. The van der Waals surface area contributed by atoms with Crippen molar-refractivity contribution in [2.45, 2.75) is 20.3 Å². The first-order valence-electron chi connectivity index (χ1n) is 6.91. The van der Waals surface area contributed by atoms with Crippen LogP contribution in [0.4, 0.5) is 0 Å². The van der Waals surface area contributed by atoms with E-state index in [1.54, 1.807) is 37.3 Å². The second-order valence-corrected chi connectivity index (χ2v) is 5.15. The Balaban J connectivity index is 3.04. The lowest BCUT2D eigenvalue weighted by atomic mass is 10.1. The van der Waals surface area contributed by atoms with Crippen molar-refractivity contribution >= 4 is 5.91 Å². The highest BCUT2D eigenvalue weighted by Gasteiger charge is 2.18. The lowest BCUT2D eigenvalue weighted by Crippen LogP contribution is -2.35. The third-order valence-corrected chi connectivity index (χ3v) is 2.96. The summed E-state index contributed by atoms with van der Waals surface area (Å²) in [6, 6.07) is 7.17. The highest BCUT2D eigenvalue weighted by Crippen LogP contribution is 2.23. The topological polar surface area (TPSA) is 62.6 Å². The number of amides is 1. The molecule has 0 radical (unpaired) electrons. The van der Waals surface area contributed by atoms with Crippen LogP contribution in [0.15, 0.2) is 18.2 Å². The van der Waals surface area contributed by atoms with Gasteiger partial charge in [0.2, 0.25) is 0 Å². The van der Waals surface area contributed by atoms with Gasteiger partial charge in [0.15, 0.2) is 0 Å². The lowest BCUT2D eigenvalue weighted by Gasteiger charge is -2.24. The van der Waals surface area contributed by atoms with E-state index in [1.165, 1.54) is 0 Å². The van der Waals surface area contributed by atoms with Gasteiger partial charge in [-0.25, -0.2) is 0 Å². The zero-order chi connectivity index (χ0) is 15.8. The number of rotatable bonds is 7. The van der Waals surface area contributed by atoms with Crippen molar-refractivity contribution in [2.24, 2.45) is 5.92 Å². The Hall–Kier alpha value is -2.22. The molecule has 1 rings (SSSR count). The van der Waals surface area contributed by atoms with E-state index in [-0.39, 0.29) is 5.91 Å². The van der Waals surface area contributed by atoms with E-state index < -0.39 is 0 Å². The molecule has 0 spiro atoms. The van der Waals surface area contributed by atoms with Crippen molar-refractivity contribution < 1.29 is 14.3 Å². The van der Waals surface area contributed by atoms with E-state index in [1.807, 2.05) is 13.8 Å². The van der Waals surface area contributed by atoms with Crippen LogP contribution in [0.3, 0.4) is 0 Å². The molecule has 0 N–H and O–H groups in total. The van der Waals surface area contributed by atoms with E-state index >= 15 is 0 Å². The second kappa shape index (κ2) is 8.15. The SMILES string of the molecule is COc1cc(OC)cc(C(=O)N(CCC#N)CC(C)C)c1. The molecule has 1 aromatic rings. The van der Waals surface area contributed by atoms with E-state index in [2.05, 4.69) is 6.07 Å². The molecule has 0 aliphatic heterocycles. The van der Waals surface area contributed by atoms with Crippen LogP contribution in [-0.4, -0.2) is 38.1 Å². The van der Waals surface area contributed by atoms with Crippen LogP contribution in [0, 0.1) is 17.2 Å². The number of methoxy groups -OCH3 is 2. The molecule has 0 aliphatic carbocycles. The molecule has 5 heteroatoms. The number of hydrogen-bond acceptors (Lipinski definition) is 4. The first-order valence-corrected chi connectivity index (χ1v) is 6.91. The number of hydrogen-bond donors (Lipinski definition) is 0. The fraction of sp³-hybridized carbons (Fsp3) is 0.500. The number of nitrogens with zero attached hydrogens (tertiary/aromatic N) is 2. The van der Waals surface area contributed by atoms with Gasteiger partial charge in [-0.1, -0.05) is 13.8 Å². The molecule has 0 atom stereocenters. The Labute approximate surface area is 126 Å². The van der Waals surface area contributed by atoms with Crippen molar-refractivity contribution in [3.8, 4) is 17.6 Å². The molecule has 5 nitrogen and oxygen atoms in total. The van der Waals surface area contributed by atoms with Crippen LogP contribution in [0.1, 0.15) is 30.6 Å². The van der Waals surface area contributed by atoms with Crippen LogP contribution in [0.5, 0.6) is 11.5 Å². The highest BCUT2D eigenvalue weighted by atomic mass is 16.5. The van der Waals surface area contributed by atoms with Crippen LogP contribution in [0.25, 0.3) is 0 Å². The highest BCUT2D eigenvalue weighted by molar-refractivity contribution is 5.95. The standard InChI is InChI=1S/C16H22N2O3/c1-12(2)11-18(7-5-6-17)16(19)13-8-14(20-3)10-15(9-13)21-4/h8-10,12H,5,7,11H2,1-4H3. The van der Waals surface area contributed by atoms with Gasteiger partial charge in [-0.3, -0.25) is 4.79 Å². The summed E-state index contributed by atoms with van der Waals surface area (Å²) in [4.78, 5) is 14.3. The molecule has 21 heavy (non-hydrogen) atoms. The molecule has 0 heterocycles. The minimum atomic E-state index is -0.115. The predicted octanol–water partition coefficient (Wildman–Crippen LogP) is 2.72. The quantitative estimate of drug-likeness (QED) is 0.774. The summed E-state index contributed by atoms with van der Waals surface area (Å²) < 4.78 is 10.4. The van der Waals surface area contributed by atoms with Crippen LogP contribution < -0.4 is 9.47 Å². The van der Waals surface area contributed by atoms with Crippen molar-refractivity contribution in [1.29, 1.82) is 5.26 Å². The molecular formula is C16H22N2O3. The maximum atomic E-state index is 12.6. The molecule has 0 aromatic heterocycles. The third kappa shape index (κ3) is 4.99. The maximum Gasteiger partial charge on any atom is 0.254 e. The maximum absolute atomic E-state index is 12.6. The second-order valence-electron chi connectivity index (χ2n) is 5.15. The zero-order valence-corrected chi connectivity index (χ0v) is 13.0. The molecule has 0 fully saturated rings. The normalized spacial score (nSPS) is 10.1. The van der Waals surface area contributed by atoms with Gasteiger partial charge in [0.1, 0.15) is 11.5 Å². The van der Waals surface area contributed by atoms with Crippen molar-refractivity contribution in [3.05, 3.63) is 23.8 Å². The molecule has 1 aromatic carbocycles. The largest absolute Gasteiger partial charge is 0.497 e. The summed E-state index contributed by atoms with van der Waals surface area (Å²) in [5.41, 5.74) is 0.504. The molecule has 0 bridgehead atoms. The first-order chi connectivity index (χ1) is 10.0. The van der Waals surface area contributed by atoms with Crippen molar-refractivity contribution in [3.63, 3.8) is 0 Å². The summed E-state index contributed by atoms with van der Waals surface area (Å²) in [7, 11) is 3.09. The monoisotopic (exact) mass is 290 g/mol. The van der Waals surface area contributed by atoms with E-state index in [0.717, 1.165) is 0 Å². The number of carbonyl (C=O) groups is 1. The molecule has 114 valence electrons. The van der Waals surface area contributed by atoms with Crippen molar-refractivity contribution in [1.82, 2.24) is 4.90 Å². The Morgan fingerprint density at radius 3 is 2.24 bits per heavy atom. The summed E-state index contributed by atoms with van der Waals surface area (Å²) in [6.07, 6.45) is 0.319. The number of nitriles is 1.